The Bertz CT molecular complexity index is 1580. The lowest BCUT2D eigenvalue weighted by molar-refractivity contribution is 0.108. The quantitative estimate of drug-likeness (QED) is 0.252. The van der Waals surface area contributed by atoms with E-state index in [1.807, 2.05) is 26.0 Å². The van der Waals surface area contributed by atoms with Crippen LogP contribution in [-0.2, 0) is 0 Å². The third-order valence-electron chi connectivity index (χ3n) is 5.69. The molecule has 4 nitrogen and oxygen atoms in total. The van der Waals surface area contributed by atoms with Gasteiger partial charge in [0.1, 0.15) is 0 Å². The number of thioether (sulfide) groups is 2. The third-order valence-corrected chi connectivity index (χ3v) is 7.63. The van der Waals surface area contributed by atoms with Crippen LogP contribution in [0.2, 0.25) is 0 Å². The van der Waals surface area contributed by atoms with Crippen LogP contribution < -0.4 is 10.9 Å². The van der Waals surface area contributed by atoms with Crippen molar-refractivity contribution in [2.45, 2.75) is 29.6 Å². The first-order chi connectivity index (χ1) is 17.8. The number of hydrogen-bond donors (Lipinski definition) is 0. The lowest BCUT2D eigenvalue weighted by atomic mass is 10.0. The fourth-order valence-electron chi connectivity index (χ4n) is 3.67. The highest BCUT2D eigenvalue weighted by Crippen LogP contribution is 2.29. The van der Waals surface area contributed by atoms with Gasteiger partial charge in [0.25, 0.3) is 0 Å². The summed E-state index contributed by atoms with van der Waals surface area (Å²) in [4.78, 5) is 52.1. The van der Waals surface area contributed by atoms with Crippen LogP contribution in [0.5, 0.6) is 0 Å². The summed E-state index contributed by atoms with van der Waals surface area (Å²) < 4.78 is 0. The molecule has 0 amide bonds. The highest BCUT2D eigenvalue weighted by Gasteiger charge is 2.16. The van der Waals surface area contributed by atoms with Gasteiger partial charge in [0, 0.05) is 11.1 Å². The molecule has 4 rings (SSSR count). The summed E-state index contributed by atoms with van der Waals surface area (Å²) in [6.07, 6.45) is 0. The average Bonchev–Trinajstić information content (AvgIpc) is 3.20. The SMILES string of the molecule is CC(C)c1ccc(SC(=O)c2ccccc2-c2cccc(SC(=O)c3ccccc3)c(=O)c2)c(=O)cc1. The lowest BCUT2D eigenvalue weighted by Crippen LogP contribution is -2.04. The molecule has 4 aromatic carbocycles. The van der Waals surface area contributed by atoms with Gasteiger partial charge < -0.3 is 0 Å². The highest BCUT2D eigenvalue weighted by atomic mass is 32.2. The van der Waals surface area contributed by atoms with Crippen molar-refractivity contribution in [2.24, 2.45) is 0 Å². The fraction of sp³-hybridized carbons (Fsp3) is 0.0968. The van der Waals surface area contributed by atoms with Crippen LogP contribution >= 0.6 is 23.5 Å². The van der Waals surface area contributed by atoms with Gasteiger partial charge in [-0.2, -0.15) is 0 Å². The van der Waals surface area contributed by atoms with Crippen molar-refractivity contribution in [3.8, 4) is 11.1 Å². The zero-order valence-corrected chi connectivity index (χ0v) is 22.0. The van der Waals surface area contributed by atoms with Crippen LogP contribution in [0.25, 0.3) is 11.1 Å². The number of carbonyl (C=O) groups is 2. The van der Waals surface area contributed by atoms with Crippen LogP contribution in [0.3, 0.4) is 0 Å². The van der Waals surface area contributed by atoms with E-state index in [4.69, 9.17) is 0 Å². The summed E-state index contributed by atoms with van der Waals surface area (Å²) >= 11 is 1.76. The summed E-state index contributed by atoms with van der Waals surface area (Å²) in [6.45, 7) is 4.08. The molecule has 0 fully saturated rings. The van der Waals surface area contributed by atoms with E-state index in [2.05, 4.69) is 0 Å². The second-order valence-electron chi connectivity index (χ2n) is 8.59. The Balaban J connectivity index is 1.65. The summed E-state index contributed by atoms with van der Waals surface area (Å²) in [5, 5.41) is -0.514. The number of benzene rings is 2. The largest absolute Gasteiger partial charge is 0.289 e. The third kappa shape index (κ3) is 6.53. The average molecular weight is 525 g/mol. The molecule has 37 heavy (non-hydrogen) atoms. The Morgan fingerprint density at radius 1 is 0.622 bits per heavy atom. The van der Waals surface area contributed by atoms with Crippen LogP contribution in [0.4, 0.5) is 0 Å². The van der Waals surface area contributed by atoms with E-state index in [1.54, 1.807) is 78.9 Å². The van der Waals surface area contributed by atoms with E-state index in [9.17, 15) is 19.2 Å². The summed E-state index contributed by atoms with van der Waals surface area (Å²) in [5.41, 5.74) is 2.51. The van der Waals surface area contributed by atoms with Crippen molar-refractivity contribution in [3.63, 3.8) is 0 Å². The molecule has 4 aromatic rings. The van der Waals surface area contributed by atoms with Crippen molar-refractivity contribution in [2.75, 3.05) is 0 Å². The van der Waals surface area contributed by atoms with Crippen molar-refractivity contribution < 1.29 is 9.59 Å². The Kier molecular flexibility index (Phi) is 8.54. The van der Waals surface area contributed by atoms with Gasteiger partial charge in [0.15, 0.2) is 10.9 Å². The monoisotopic (exact) mass is 524 g/mol. The molecule has 0 N–H and O–H groups in total. The Hall–Kier alpha value is -3.74. The van der Waals surface area contributed by atoms with Crippen LogP contribution in [0.1, 0.15) is 46.0 Å². The number of rotatable bonds is 6. The van der Waals surface area contributed by atoms with Crippen LogP contribution in [-0.4, -0.2) is 10.2 Å². The van der Waals surface area contributed by atoms with Gasteiger partial charge in [-0.05, 0) is 76.5 Å². The summed E-state index contributed by atoms with van der Waals surface area (Å²) in [7, 11) is 0. The highest BCUT2D eigenvalue weighted by molar-refractivity contribution is 8.14. The zero-order chi connectivity index (χ0) is 26.4. The molecule has 0 aliphatic rings. The normalized spacial score (nSPS) is 10.8. The van der Waals surface area contributed by atoms with E-state index in [0.717, 1.165) is 29.1 Å². The van der Waals surface area contributed by atoms with E-state index in [1.165, 1.54) is 12.1 Å². The Morgan fingerprint density at radius 2 is 1.27 bits per heavy atom. The van der Waals surface area contributed by atoms with Gasteiger partial charge in [0.05, 0.1) is 9.79 Å². The molecule has 0 aliphatic heterocycles. The van der Waals surface area contributed by atoms with E-state index in [0.29, 0.717) is 32.0 Å². The maximum atomic E-state index is 13.3. The van der Waals surface area contributed by atoms with Crippen molar-refractivity contribution in [3.05, 3.63) is 140 Å². The number of carbonyl (C=O) groups excluding carboxylic acids is 2. The molecule has 184 valence electrons. The van der Waals surface area contributed by atoms with Gasteiger partial charge >= 0.3 is 0 Å². The molecule has 0 radical (unpaired) electrons. The molecular weight excluding hydrogens is 500 g/mol. The molecule has 0 saturated carbocycles. The molecule has 0 aliphatic carbocycles. The molecule has 0 atom stereocenters. The maximum Gasteiger partial charge on any atom is 0.224 e. The minimum Gasteiger partial charge on any atom is -0.289 e. The fourth-order valence-corrected chi connectivity index (χ4v) is 5.22. The topological polar surface area (TPSA) is 68.3 Å². The smallest absolute Gasteiger partial charge is 0.224 e. The van der Waals surface area contributed by atoms with E-state index < -0.39 is 0 Å². The lowest BCUT2D eigenvalue weighted by Gasteiger charge is -2.07. The van der Waals surface area contributed by atoms with E-state index >= 15 is 0 Å². The minimum absolute atomic E-state index is 0.220. The second kappa shape index (κ2) is 12.0. The Labute approximate surface area is 223 Å². The van der Waals surface area contributed by atoms with Gasteiger partial charge in [0.2, 0.25) is 10.2 Å². The predicted octanol–water partition coefficient (Wildman–Crippen LogP) is 7.06. The van der Waals surface area contributed by atoms with Gasteiger partial charge in [-0.1, -0.05) is 86.6 Å². The maximum absolute atomic E-state index is 13.3. The zero-order valence-electron chi connectivity index (χ0n) is 20.3. The second-order valence-corrected chi connectivity index (χ2v) is 10.6. The molecule has 0 saturated heterocycles. The van der Waals surface area contributed by atoms with Crippen molar-refractivity contribution in [1.29, 1.82) is 0 Å². The molecular formula is C31H24O4S2. The molecule has 0 aromatic heterocycles. The predicted molar refractivity (Wildman–Crippen MR) is 152 cm³/mol. The first-order valence-corrected chi connectivity index (χ1v) is 13.3. The summed E-state index contributed by atoms with van der Waals surface area (Å²) in [6, 6.07) is 29.1. The minimum atomic E-state index is -0.317. The van der Waals surface area contributed by atoms with Crippen LogP contribution in [0, 0.1) is 0 Å². The standard InChI is InChI=1S/C31H24O4S2/c1-20(2)21-15-17-26(32)29(18-16-21)37-31(35)25-13-7-6-12-24(25)23-11-8-14-28(27(33)19-23)36-30(34)22-9-4-3-5-10-22/h3-20H,1-2H3. The number of hydrogen-bond acceptors (Lipinski definition) is 6. The Morgan fingerprint density at radius 3 is 2.03 bits per heavy atom. The van der Waals surface area contributed by atoms with Crippen molar-refractivity contribution in [1.82, 2.24) is 0 Å². The van der Waals surface area contributed by atoms with Crippen molar-refractivity contribution >= 4 is 33.8 Å². The molecule has 0 bridgehead atoms. The van der Waals surface area contributed by atoms with Gasteiger partial charge in [-0.15, -0.1) is 0 Å². The van der Waals surface area contributed by atoms with E-state index in [-0.39, 0.29) is 27.0 Å². The summed E-state index contributed by atoms with van der Waals surface area (Å²) in [5.74, 6) is 0.257. The van der Waals surface area contributed by atoms with Gasteiger partial charge in [-0.3, -0.25) is 19.2 Å². The molecule has 6 heteroatoms. The molecule has 0 spiro atoms. The molecule has 0 unspecified atom stereocenters. The van der Waals surface area contributed by atoms with Gasteiger partial charge in [-0.25, -0.2) is 0 Å². The van der Waals surface area contributed by atoms with Crippen LogP contribution in [0.15, 0.2) is 123 Å². The first kappa shape index (κ1) is 26.3. The molecule has 0 heterocycles. The first-order valence-electron chi connectivity index (χ1n) is 11.7.